The Kier molecular flexibility index (Phi) is 48.2. The molecule has 0 fully saturated rings. The van der Waals surface area contributed by atoms with Gasteiger partial charge in [-0.3, -0.25) is 4.99 Å². The second-order valence-corrected chi connectivity index (χ2v) is 8.35. The van der Waals surface area contributed by atoms with Crippen LogP contribution in [0.15, 0.2) is 88.9 Å². The predicted octanol–water partition coefficient (Wildman–Crippen LogP) is 9.92. The molecule has 0 atom stereocenters. The zero-order valence-corrected chi connectivity index (χ0v) is 27.4. The van der Waals surface area contributed by atoms with E-state index in [-0.39, 0.29) is 0 Å². The average Bonchev–Trinajstić information content (AvgIpc) is 2.98. The van der Waals surface area contributed by atoms with Crippen LogP contribution in [0, 0.1) is 0 Å². The zero-order valence-electron chi connectivity index (χ0n) is 27.4. The SMILES string of the molecule is C=C/C(C)=C\C=NC.C=C/C=C(C)\C=C(/C)OCC(F)F.C=O.CC.CCCCCC.CNCC1=CC=C(O)CC1. The van der Waals surface area contributed by atoms with Gasteiger partial charge >= 0.3 is 0 Å². The number of rotatable bonds is 12. The first-order chi connectivity index (χ1) is 19.6. The molecule has 5 nitrogen and oxygen atoms in total. The van der Waals surface area contributed by atoms with E-state index in [1.54, 1.807) is 50.6 Å². The summed E-state index contributed by atoms with van der Waals surface area (Å²) in [7, 11) is 3.67. The Balaban J connectivity index is -0.000000139. The van der Waals surface area contributed by atoms with E-state index in [1.807, 2.05) is 53.7 Å². The molecule has 0 radical (unpaired) electrons. The number of hydrogen-bond donors (Lipinski definition) is 2. The van der Waals surface area contributed by atoms with E-state index in [2.05, 4.69) is 37.3 Å². The molecule has 0 aromatic rings. The lowest BCUT2D eigenvalue weighted by molar-refractivity contribution is -0.0980. The number of unbranched alkanes of at least 4 members (excludes halogenated alkanes) is 3. The minimum Gasteiger partial charge on any atom is -0.512 e. The van der Waals surface area contributed by atoms with Crippen LogP contribution in [-0.4, -0.2) is 51.8 Å². The maximum atomic E-state index is 11.7. The van der Waals surface area contributed by atoms with Crippen LogP contribution in [0.4, 0.5) is 8.78 Å². The quantitative estimate of drug-likeness (QED) is 0.104. The van der Waals surface area contributed by atoms with Crippen molar-refractivity contribution in [3.8, 4) is 0 Å². The molecule has 0 spiro atoms. The molecule has 1 aliphatic carbocycles. The number of ether oxygens (including phenoxy) is 1. The van der Waals surface area contributed by atoms with Crippen molar-refractivity contribution in [3.63, 3.8) is 0 Å². The number of carbonyl (C=O) groups is 1. The highest BCUT2D eigenvalue weighted by atomic mass is 19.3. The maximum absolute atomic E-state index is 11.7. The van der Waals surface area contributed by atoms with Crippen molar-refractivity contribution in [1.29, 1.82) is 0 Å². The van der Waals surface area contributed by atoms with Crippen molar-refractivity contribution in [2.45, 2.75) is 93.4 Å². The molecular weight excluding hydrogens is 522 g/mol. The Morgan fingerprint density at radius 1 is 1.05 bits per heavy atom. The van der Waals surface area contributed by atoms with Gasteiger partial charge in [-0.25, -0.2) is 8.78 Å². The number of carbonyl (C=O) groups excluding carboxylic acids is 1. The molecule has 0 heterocycles. The number of halogens is 2. The number of aliphatic imine (C=N–C) groups is 1. The van der Waals surface area contributed by atoms with Crippen LogP contribution >= 0.6 is 0 Å². The minimum atomic E-state index is -2.42. The van der Waals surface area contributed by atoms with Crippen molar-refractivity contribution < 1.29 is 23.4 Å². The van der Waals surface area contributed by atoms with Crippen LogP contribution < -0.4 is 5.32 Å². The van der Waals surface area contributed by atoms with E-state index >= 15 is 0 Å². The molecule has 7 heteroatoms. The number of alkyl halides is 2. The van der Waals surface area contributed by atoms with Gasteiger partial charge in [0.15, 0.2) is 0 Å². The molecule has 238 valence electrons. The molecule has 0 aliphatic heterocycles. The lowest BCUT2D eigenvalue weighted by atomic mass is 10.0. The third kappa shape index (κ3) is 47.1. The summed E-state index contributed by atoms with van der Waals surface area (Å²) in [5.41, 5.74) is 3.41. The standard InChI is InChI=1S/C10H14F2O.C8H13NO.C7H11N.C6H14.C2H6.CH2O/c1-4-5-8(2)6-9(3)13-7-10(11)12;1-9-6-7-2-4-8(10)5-3-7;1-4-7(2)5-6-8-3;1-3-5-6-4-2;2*1-2/h4-6,10H,1,7H2,2-3H3;2,4,9-10H,3,5-6H2,1H3;4-6H,1H2,2-3H3;3-6H2,1-2H3;1-2H3;1H2/b8-5-,9-6+;;7-5-,8-6?;;;. The highest BCUT2D eigenvalue weighted by molar-refractivity contribution is 5.72. The van der Waals surface area contributed by atoms with Crippen molar-refractivity contribution in [1.82, 2.24) is 5.32 Å². The molecule has 0 aromatic heterocycles. The summed E-state index contributed by atoms with van der Waals surface area (Å²) in [5.74, 6) is 0.982. The summed E-state index contributed by atoms with van der Waals surface area (Å²) in [6, 6.07) is 0. The van der Waals surface area contributed by atoms with Crippen molar-refractivity contribution in [3.05, 3.63) is 83.9 Å². The van der Waals surface area contributed by atoms with Gasteiger partial charge in [-0.15, -0.1) is 0 Å². The first-order valence-electron chi connectivity index (χ1n) is 14.2. The van der Waals surface area contributed by atoms with Crippen LogP contribution in [0.3, 0.4) is 0 Å². The first-order valence-corrected chi connectivity index (χ1v) is 14.2. The van der Waals surface area contributed by atoms with Gasteiger partial charge in [0, 0.05) is 26.2 Å². The predicted molar refractivity (Wildman–Crippen MR) is 178 cm³/mol. The zero-order chi connectivity index (χ0) is 32.9. The first kappa shape index (κ1) is 47.7. The van der Waals surface area contributed by atoms with Crippen LogP contribution in [0.25, 0.3) is 0 Å². The molecule has 0 bridgehead atoms. The Hall–Kier alpha value is -3.06. The third-order valence-electron chi connectivity index (χ3n) is 4.63. The van der Waals surface area contributed by atoms with Gasteiger partial charge < -0.3 is 20.0 Å². The van der Waals surface area contributed by atoms with Gasteiger partial charge in [0.05, 0.1) is 11.5 Å². The number of aliphatic hydroxyl groups is 1. The van der Waals surface area contributed by atoms with E-state index in [1.165, 1.54) is 31.3 Å². The molecule has 2 N–H and O–H groups in total. The van der Waals surface area contributed by atoms with Crippen molar-refractivity contribution in [2.24, 2.45) is 4.99 Å². The molecule has 0 saturated heterocycles. The van der Waals surface area contributed by atoms with Crippen LogP contribution in [0.2, 0.25) is 0 Å². The van der Waals surface area contributed by atoms with Gasteiger partial charge in [0.2, 0.25) is 0 Å². The fraction of sp³-hybridized carbons (Fsp3) is 0.529. The molecule has 0 unspecified atom stereocenters. The van der Waals surface area contributed by atoms with Gasteiger partial charge in [0.1, 0.15) is 13.4 Å². The van der Waals surface area contributed by atoms with Crippen LogP contribution in [0.5, 0.6) is 0 Å². The van der Waals surface area contributed by atoms with Gasteiger partial charge in [0.25, 0.3) is 6.43 Å². The van der Waals surface area contributed by atoms with Crippen molar-refractivity contribution >= 4 is 13.0 Å². The Bertz CT molecular complexity index is 773. The number of likely N-dealkylation sites (N-methyl/N-ethyl adjacent to an activating group) is 1. The molecule has 0 saturated carbocycles. The Labute approximate surface area is 251 Å². The molecular formula is C34H60F2N2O3. The number of nitrogens with one attached hydrogen (secondary N) is 1. The Morgan fingerprint density at radius 3 is 1.98 bits per heavy atom. The normalized spacial score (nSPS) is 12.6. The summed E-state index contributed by atoms with van der Waals surface area (Å²) >= 11 is 0. The van der Waals surface area contributed by atoms with Gasteiger partial charge in [-0.1, -0.05) is 102 Å². The molecule has 0 aromatic carbocycles. The van der Waals surface area contributed by atoms with Gasteiger partial charge in [-0.2, -0.15) is 0 Å². The maximum Gasteiger partial charge on any atom is 0.272 e. The largest absolute Gasteiger partial charge is 0.512 e. The summed E-state index contributed by atoms with van der Waals surface area (Å²) < 4.78 is 28.2. The molecule has 0 amide bonds. The van der Waals surface area contributed by atoms with E-state index in [0.29, 0.717) is 11.5 Å². The monoisotopic (exact) mass is 582 g/mol. The summed E-state index contributed by atoms with van der Waals surface area (Å²) in [4.78, 5) is 11.8. The number of nitrogens with zero attached hydrogens (tertiary/aromatic N) is 1. The van der Waals surface area contributed by atoms with E-state index < -0.39 is 13.0 Å². The summed E-state index contributed by atoms with van der Waals surface area (Å²) in [6.45, 7) is 23.4. The Morgan fingerprint density at radius 2 is 1.61 bits per heavy atom. The van der Waals surface area contributed by atoms with Gasteiger partial charge in [-0.05, 0) is 58.0 Å². The number of hydrogen-bond acceptors (Lipinski definition) is 5. The highest BCUT2D eigenvalue weighted by Gasteiger charge is 2.03. The lowest BCUT2D eigenvalue weighted by Gasteiger charge is -2.09. The fourth-order valence-electron chi connectivity index (χ4n) is 2.59. The highest BCUT2D eigenvalue weighted by Crippen LogP contribution is 2.14. The van der Waals surface area contributed by atoms with E-state index in [4.69, 9.17) is 14.6 Å². The minimum absolute atomic E-state index is 0.482. The topological polar surface area (TPSA) is 70.9 Å². The van der Waals surface area contributed by atoms with Crippen molar-refractivity contribution in [2.75, 3.05) is 27.2 Å². The smallest absolute Gasteiger partial charge is 0.272 e. The molecule has 1 rings (SSSR count). The van der Waals surface area contributed by atoms with Crippen LogP contribution in [-0.2, 0) is 9.53 Å². The fourth-order valence-corrected chi connectivity index (χ4v) is 2.59. The van der Waals surface area contributed by atoms with E-state index in [0.717, 1.165) is 30.5 Å². The second-order valence-electron chi connectivity index (χ2n) is 8.35. The lowest BCUT2D eigenvalue weighted by Crippen LogP contribution is -2.11. The summed E-state index contributed by atoms with van der Waals surface area (Å²) in [5, 5.41) is 12.1. The second kappa shape index (κ2) is 41.4. The average molecular weight is 583 g/mol. The summed E-state index contributed by atoms with van der Waals surface area (Å²) in [6.07, 6.45) is 19.2. The number of aliphatic hydroxyl groups excluding tert-OH is 1. The third-order valence-corrected chi connectivity index (χ3v) is 4.63. The van der Waals surface area contributed by atoms with E-state index in [9.17, 15) is 8.78 Å². The molecule has 1 aliphatic rings. The molecule has 41 heavy (non-hydrogen) atoms. The number of allylic oxidation sites excluding steroid dienone is 11. The van der Waals surface area contributed by atoms with Crippen LogP contribution in [0.1, 0.15) is 87.0 Å².